The highest BCUT2D eigenvalue weighted by Crippen LogP contribution is 2.08. The Balaban J connectivity index is 0. The third-order valence-electron chi connectivity index (χ3n) is 2.28. The van der Waals surface area contributed by atoms with Crippen LogP contribution in [-0.4, -0.2) is 23.7 Å². The molecule has 0 aliphatic carbocycles. The molecule has 0 heterocycles. The van der Waals surface area contributed by atoms with Crippen LogP contribution in [0.25, 0.3) is 0 Å². The standard InChI is InChI=1S/C12H22O2.C3H4O2/c1-4-6-8-9-11(3)12(13)14-10-7-5-2;1-2-3(4)5/h3-10H2,1-2H3;2H,1H2,(H,4,5). The molecule has 0 aromatic heterocycles. The van der Waals surface area contributed by atoms with E-state index in [9.17, 15) is 9.59 Å². The maximum atomic E-state index is 11.3. The van der Waals surface area contributed by atoms with E-state index in [1.54, 1.807) is 0 Å². The summed E-state index contributed by atoms with van der Waals surface area (Å²) >= 11 is 0. The van der Waals surface area contributed by atoms with Gasteiger partial charge in [-0.15, -0.1) is 0 Å². The number of carboxylic acid groups (broad SMARTS) is 1. The number of hydrogen-bond acceptors (Lipinski definition) is 3. The summed E-state index contributed by atoms with van der Waals surface area (Å²) in [6.45, 7) is 11.4. The third kappa shape index (κ3) is 16.4. The molecule has 0 radical (unpaired) electrons. The van der Waals surface area contributed by atoms with Crippen molar-refractivity contribution in [3.05, 3.63) is 24.8 Å². The fourth-order valence-corrected chi connectivity index (χ4v) is 1.10. The van der Waals surface area contributed by atoms with Gasteiger partial charge >= 0.3 is 11.9 Å². The molecule has 0 aliphatic rings. The van der Waals surface area contributed by atoms with Gasteiger partial charge in [-0.2, -0.15) is 0 Å². The Kier molecular flexibility index (Phi) is 15.1. The number of ether oxygens (including phenoxy) is 1. The predicted octanol–water partition coefficient (Wildman–Crippen LogP) is 3.72. The quantitative estimate of drug-likeness (QED) is 0.394. The SMILES string of the molecule is C=C(CCCCC)C(=O)OCCCC.C=CC(=O)O. The molecule has 0 aromatic carbocycles. The van der Waals surface area contributed by atoms with Crippen molar-refractivity contribution < 1.29 is 19.4 Å². The first-order chi connectivity index (χ1) is 8.99. The first-order valence-corrected chi connectivity index (χ1v) is 6.69. The Labute approximate surface area is 116 Å². The molecule has 0 saturated carbocycles. The summed E-state index contributed by atoms with van der Waals surface area (Å²) in [5, 5.41) is 7.60. The number of carboxylic acids is 1. The molecule has 0 amide bonds. The summed E-state index contributed by atoms with van der Waals surface area (Å²) in [6, 6.07) is 0. The van der Waals surface area contributed by atoms with Gasteiger partial charge in [0.05, 0.1) is 6.61 Å². The van der Waals surface area contributed by atoms with Crippen LogP contribution < -0.4 is 0 Å². The molecule has 0 saturated heterocycles. The van der Waals surface area contributed by atoms with Crippen LogP contribution in [0.15, 0.2) is 24.8 Å². The van der Waals surface area contributed by atoms with Gasteiger partial charge in [0.25, 0.3) is 0 Å². The van der Waals surface area contributed by atoms with E-state index < -0.39 is 5.97 Å². The van der Waals surface area contributed by atoms with E-state index >= 15 is 0 Å². The van der Waals surface area contributed by atoms with Gasteiger partial charge in [0.2, 0.25) is 0 Å². The van der Waals surface area contributed by atoms with Crippen LogP contribution in [0, 0.1) is 0 Å². The van der Waals surface area contributed by atoms with Crippen LogP contribution in [0.3, 0.4) is 0 Å². The number of unbranched alkanes of at least 4 members (excludes halogenated alkanes) is 3. The molecule has 4 nitrogen and oxygen atoms in total. The van der Waals surface area contributed by atoms with E-state index in [0.717, 1.165) is 44.6 Å². The van der Waals surface area contributed by atoms with Crippen molar-refractivity contribution in [2.24, 2.45) is 0 Å². The van der Waals surface area contributed by atoms with Gasteiger partial charge in [-0.1, -0.05) is 46.3 Å². The van der Waals surface area contributed by atoms with Crippen LogP contribution in [0.5, 0.6) is 0 Å². The lowest BCUT2D eigenvalue weighted by atomic mass is 10.1. The fraction of sp³-hybridized carbons (Fsp3) is 0.600. The summed E-state index contributed by atoms with van der Waals surface area (Å²) in [5.41, 5.74) is 0.620. The van der Waals surface area contributed by atoms with Crippen molar-refractivity contribution in [1.29, 1.82) is 0 Å². The molecule has 110 valence electrons. The molecule has 0 fully saturated rings. The molecule has 19 heavy (non-hydrogen) atoms. The largest absolute Gasteiger partial charge is 0.478 e. The minimum Gasteiger partial charge on any atom is -0.478 e. The normalized spacial score (nSPS) is 8.95. The third-order valence-corrected chi connectivity index (χ3v) is 2.28. The van der Waals surface area contributed by atoms with Gasteiger partial charge in [-0.05, 0) is 19.3 Å². The zero-order valence-electron chi connectivity index (χ0n) is 12.1. The summed E-state index contributed by atoms with van der Waals surface area (Å²) in [4.78, 5) is 20.5. The summed E-state index contributed by atoms with van der Waals surface area (Å²) in [6.07, 6.45) is 6.96. The average Bonchev–Trinajstić information content (AvgIpc) is 2.39. The number of esters is 1. The highest BCUT2D eigenvalue weighted by atomic mass is 16.5. The summed E-state index contributed by atoms with van der Waals surface area (Å²) < 4.78 is 5.04. The molecule has 0 bridgehead atoms. The van der Waals surface area contributed by atoms with Gasteiger partial charge in [0.15, 0.2) is 0 Å². The Bertz CT molecular complexity index is 262. The molecule has 1 N–H and O–H groups in total. The second kappa shape index (κ2) is 14.5. The molecule has 0 atom stereocenters. The van der Waals surface area contributed by atoms with E-state index in [1.807, 2.05) is 0 Å². The molecule has 0 aromatic rings. The highest BCUT2D eigenvalue weighted by Gasteiger charge is 2.06. The van der Waals surface area contributed by atoms with Crippen molar-refractivity contribution >= 4 is 11.9 Å². The second-order valence-electron chi connectivity index (χ2n) is 4.09. The molecule has 0 aliphatic heterocycles. The number of hydrogen-bond donors (Lipinski definition) is 1. The number of rotatable bonds is 9. The van der Waals surface area contributed by atoms with Gasteiger partial charge in [0, 0.05) is 11.6 Å². The zero-order chi connectivity index (χ0) is 15.1. The fourth-order valence-electron chi connectivity index (χ4n) is 1.10. The van der Waals surface area contributed by atoms with Crippen molar-refractivity contribution in [3.8, 4) is 0 Å². The van der Waals surface area contributed by atoms with E-state index in [-0.39, 0.29) is 5.97 Å². The molecule has 0 spiro atoms. The summed E-state index contributed by atoms with van der Waals surface area (Å²) in [7, 11) is 0. The topological polar surface area (TPSA) is 63.6 Å². The Morgan fingerprint density at radius 1 is 1.16 bits per heavy atom. The first-order valence-electron chi connectivity index (χ1n) is 6.69. The average molecular weight is 270 g/mol. The van der Waals surface area contributed by atoms with Crippen LogP contribution in [0.4, 0.5) is 0 Å². The van der Waals surface area contributed by atoms with E-state index in [1.165, 1.54) is 0 Å². The number of carbonyl (C=O) groups excluding carboxylic acids is 1. The van der Waals surface area contributed by atoms with Gasteiger partial charge in [0.1, 0.15) is 0 Å². The van der Waals surface area contributed by atoms with Gasteiger partial charge in [-0.3, -0.25) is 0 Å². The Hall–Kier alpha value is -1.58. The Morgan fingerprint density at radius 2 is 1.68 bits per heavy atom. The summed E-state index contributed by atoms with van der Waals surface area (Å²) in [5.74, 6) is -1.19. The number of carbonyl (C=O) groups is 2. The lowest BCUT2D eigenvalue weighted by molar-refractivity contribution is -0.139. The highest BCUT2D eigenvalue weighted by molar-refractivity contribution is 5.87. The van der Waals surface area contributed by atoms with Crippen molar-refractivity contribution in [2.45, 2.75) is 52.4 Å². The second-order valence-corrected chi connectivity index (χ2v) is 4.09. The van der Waals surface area contributed by atoms with Crippen molar-refractivity contribution in [1.82, 2.24) is 0 Å². The maximum absolute atomic E-state index is 11.3. The van der Waals surface area contributed by atoms with E-state index in [0.29, 0.717) is 12.2 Å². The molecule has 0 unspecified atom stereocenters. The van der Waals surface area contributed by atoms with Crippen LogP contribution in [0.2, 0.25) is 0 Å². The predicted molar refractivity (Wildman–Crippen MR) is 77.0 cm³/mol. The first kappa shape index (κ1) is 19.8. The van der Waals surface area contributed by atoms with Crippen LogP contribution >= 0.6 is 0 Å². The lowest BCUT2D eigenvalue weighted by Gasteiger charge is -2.05. The lowest BCUT2D eigenvalue weighted by Crippen LogP contribution is -2.08. The van der Waals surface area contributed by atoms with E-state index in [2.05, 4.69) is 27.0 Å². The monoisotopic (exact) mass is 270 g/mol. The molecular formula is C15H26O4. The zero-order valence-corrected chi connectivity index (χ0v) is 12.1. The van der Waals surface area contributed by atoms with Crippen LogP contribution in [0.1, 0.15) is 52.4 Å². The number of aliphatic carboxylic acids is 1. The molecule has 0 rings (SSSR count). The van der Waals surface area contributed by atoms with Gasteiger partial charge < -0.3 is 9.84 Å². The maximum Gasteiger partial charge on any atom is 0.333 e. The van der Waals surface area contributed by atoms with Crippen LogP contribution in [-0.2, 0) is 14.3 Å². The minimum atomic E-state index is -0.981. The molecule has 4 heteroatoms. The molecular weight excluding hydrogens is 244 g/mol. The smallest absolute Gasteiger partial charge is 0.333 e. The van der Waals surface area contributed by atoms with Crippen molar-refractivity contribution in [3.63, 3.8) is 0 Å². The van der Waals surface area contributed by atoms with E-state index in [4.69, 9.17) is 9.84 Å². The Morgan fingerprint density at radius 3 is 2.11 bits per heavy atom. The van der Waals surface area contributed by atoms with Crippen molar-refractivity contribution in [2.75, 3.05) is 6.61 Å². The minimum absolute atomic E-state index is 0.213. The van der Waals surface area contributed by atoms with Gasteiger partial charge in [-0.25, -0.2) is 9.59 Å².